The number of ether oxygens (including phenoxy) is 4. The minimum atomic E-state index is -0.598. The van der Waals surface area contributed by atoms with Crippen LogP contribution >= 0.6 is 0 Å². The molecule has 0 heterocycles. The Kier molecular flexibility index (Phi) is 7.71. The van der Waals surface area contributed by atoms with Gasteiger partial charge in [0.2, 0.25) is 0 Å². The average molecular weight is 338 g/mol. The zero-order chi connectivity index (χ0) is 18.2. The second-order valence-electron chi connectivity index (χ2n) is 6.25. The predicted octanol–water partition coefficient (Wildman–Crippen LogP) is 3.23. The van der Waals surface area contributed by atoms with Crippen LogP contribution < -0.4 is 4.74 Å². The first-order chi connectivity index (χ1) is 11.3. The van der Waals surface area contributed by atoms with Gasteiger partial charge < -0.3 is 18.9 Å². The van der Waals surface area contributed by atoms with E-state index < -0.39 is 17.5 Å². The van der Waals surface area contributed by atoms with Crippen LogP contribution in [0.4, 0.5) is 0 Å². The van der Waals surface area contributed by atoms with Crippen LogP contribution in [-0.4, -0.2) is 45.0 Å². The number of carbonyl (C=O) groups is 2. The Balaban J connectivity index is 2.91. The van der Waals surface area contributed by atoms with Gasteiger partial charge in [-0.15, -0.1) is 0 Å². The summed E-state index contributed by atoms with van der Waals surface area (Å²) in [6.07, 6.45) is 1.61. The van der Waals surface area contributed by atoms with Crippen molar-refractivity contribution < 1.29 is 28.5 Å². The van der Waals surface area contributed by atoms with Crippen LogP contribution in [0.25, 0.3) is 0 Å². The van der Waals surface area contributed by atoms with Gasteiger partial charge in [-0.3, -0.25) is 0 Å². The monoisotopic (exact) mass is 338 g/mol. The van der Waals surface area contributed by atoms with Crippen molar-refractivity contribution in [3.63, 3.8) is 0 Å². The summed E-state index contributed by atoms with van der Waals surface area (Å²) in [5, 5.41) is 0. The fourth-order valence-electron chi connectivity index (χ4n) is 1.91. The summed E-state index contributed by atoms with van der Waals surface area (Å²) in [7, 11) is 2.94. The molecule has 1 aromatic carbocycles. The summed E-state index contributed by atoms with van der Waals surface area (Å²) >= 11 is 0. The third-order valence-corrected chi connectivity index (χ3v) is 3.02. The van der Waals surface area contributed by atoms with E-state index in [1.54, 1.807) is 27.9 Å². The Bertz CT molecular complexity index is 559. The van der Waals surface area contributed by atoms with E-state index in [1.807, 2.05) is 0 Å². The highest BCUT2D eigenvalue weighted by Crippen LogP contribution is 2.23. The van der Waals surface area contributed by atoms with Crippen LogP contribution in [0.1, 0.15) is 54.3 Å². The standard InChI is InChI=1S/C18H26O6/c1-18(2,3)24-16(19)13-8-9-14(17(20)22-5)15(12-13)23-11-7-6-10-21-4/h8-9,12H,6-7,10-11H2,1-5H3. The normalized spacial score (nSPS) is 11.0. The maximum absolute atomic E-state index is 12.2. The molecule has 0 saturated heterocycles. The Labute approximate surface area is 143 Å². The molecule has 0 aromatic heterocycles. The average Bonchev–Trinajstić information content (AvgIpc) is 2.52. The van der Waals surface area contributed by atoms with Crippen LogP contribution in [-0.2, 0) is 14.2 Å². The molecule has 0 bridgehead atoms. The lowest BCUT2D eigenvalue weighted by atomic mass is 10.1. The minimum absolute atomic E-state index is 0.275. The van der Waals surface area contributed by atoms with E-state index in [9.17, 15) is 9.59 Å². The number of carbonyl (C=O) groups excluding carboxylic acids is 2. The molecule has 0 aliphatic carbocycles. The van der Waals surface area contributed by atoms with Crippen molar-refractivity contribution in [2.24, 2.45) is 0 Å². The lowest BCUT2D eigenvalue weighted by Gasteiger charge is -2.20. The van der Waals surface area contributed by atoms with Crippen molar-refractivity contribution >= 4 is 11.9 Å². The number of hydrogen-bond donors (Lipinski definition) is 0. The molecule has 0 atom stereocenters. The molecular weight excluding hydrogens is 312 g/mol. The quantitative estimate of drug-likeness (QED) is 0.535. The first-order valence-corrected chi connectivity index (χ1v) is 7.86. The lowest BCUT2D eigenvalue weighted by molar-refractivity contribution is 0.00685. The highest BCUT2D eigenvalue weighted by atomic mass is 16.6. The van der Waals surface area contributed by atoms with Gasteiger partial charge in [-0.25, -0.2) is 9.59 Å². The summed E-state index contributed by atoms with van der Waals surface area (Å²) in [5.74, 6) is -0.677. The zero-order valence-corrected chi connectivity index (χ0v) is 15.0. The number of esters is 2. The van der Waals surface area contributed by atoms with Gasteiger partial charge in [0.25, 0.3) is 0 Å². The van der Waals surface area contributed by atoms with E-state index in [1.165, 1.54) is 25.3 Å². The number of methoxy groups -OCH3 is 2. The Morgan fingerprint density at radius 1 is 1.00 bits per heavy atom. The van der Waals surface area contributed by atoms with Crippen molar-refractivity contribution in [1.29, 1.82) is 0 Å². The Morgan fingerprint density at radius 3 is 2.25 bits per heavy atom. The second-order valence-corrected chi connectivity index (χ2v) is 6.25. The van der Waals surface area contributed by atoms with Gasteiger partial charge in [-0.1, -0.05) is 0 Å². The van der Waals surface area contributed by atoms with Crippen LogP contribution in [0.2, 0.25) is 0 Å². The number of unbranched alkanes of at least 4 members (excludes halogenated alkanes) is 1. The third-order valence-electron chi connectivity index (χ3n) is 3.02. The van der Waals surface area contributed by atoms with E-state index in [0.717, 1.165) is 12.8 Å². The molecule has 0 aliphatic heterocycles. The number of hydrogen-bond acceptors (Lipinski definition) is 6. The molecule has 134 valence electrons. The Hall–Kier alpha value is -2.08. The van der Waals surface area contributed by atoms with Crippen LogP contribution in [0.15, 0.2) is 18.2 Å². The van der Waals surface area contributed by atoms with E-state index in [2.05, 4.69) is 0 Å². The molecule has 0 amide bonds. The molecule has 6 nitrogen and oxygen atoms in total. The highest BCUT2D eigenvalue weighted by Gasteiger charge is 2.21. The molecule has 0 saturated carbocycles. The lowest BCUT2D eigenvalue weighted by Crippen LogP contribution is -2.24. The molecule has 6 heteroatoms. The molecular formula is C18H26O6. The number of benzene rings is 1. The van der Waals surface area contributed by atoms with E-state index in [-0.39, 0.29) is 5.56 Å². The van der Waals surface area contributed by atoms with Crippen LogP contribution in [0.3, 0.4) is 0 Å². The first-order valence-electron chi connectivity index (χ1n) is 7.86. The van der Waals surface area contributed by atoms with E-state index in [0.29, 0.717) is 24.5 Å². The van der Waals surface area contributed by atoms with Gasteiger partial charge in [0.1, 0.15) is 16.9 Å². The topological polar surface area (TPSA) is 71.1 Å². The van der Waals surface area contributed by atoms with Crippen LogP contribution in [0.5, 0.6) is 5.75 Å². The molecule has 1 rings (SSSR count). The van der Waals surface area contributed by atoms with Crippen molar-refractivity contribution in [2.45, 2.75) is 39.2 Å². The fourth-order valence-corrected chi connectivity index (χ4v) is 1.91. The molecule has 0 N–H and O–H groups in total. The zero-order valence-electron chi connectivity index (χ0n) is 15.0. The van der Waals surface area contributed by atoms with Crippen molar-refractivity contribution in [3.8, 4) is 5.75 Å². The van der Waals surface area contributed by atoms with E-state index >= 15 is 0 Å². The van der Waals surface area contributed by atoms with Gasteiger partial charge in [-0.05, 0) is 51.8 Å². The summed E-state index contributed by atoms with van der Waals surface area (Å²) in [6, 6.07) is 4.55. The predicted molar refractivity (Wildman–Crippen MR) is 89.6 cm³/mol. The molecule has 0 aliphatic rings. The highest BCUT2D eigenvalue weighted by molar-refractivity contribution is 5.96. The molecule has 1 aromatic rings. The molecule has 0 spiro atoms. The summed E-state index contributed by atoms with van der Waals surface area (Å²) < 4.78 is 20.7. The third kappa shape index (κ3) is 6.58. The van der Waals surface area contributed by atoms with Crippen LogP contribution in [0, 0.1) is 0 Å². The second kappa shape index (κ2) is 9.27. The fraction of sp³-hybridized carbons (Fsp3) is 0.556. The van der Waals surface area contributed by atoms with Gasteiger partial charge in [-0.2, -0.15) is 0 Å². The Morgan fingerprint density at radius 2 is 1.67 bits per heavy atom. The van der Waals surface area contributed by atoms with Crippen molar-refractivity contribution in [3.05, 3.63) is 29.3 Å². The SMILES string of the molecule is COCCCCOc1cc(C(=O)OC(C)(C)C)ccc1C(=O)OC. The summed E-state index contributed by atoms with van der Waals surface area (Å²) in [5.41, 5.74) is 0.000227. The van der Waals surface area contributed by atoms with Crippen molar-refractivity contribution in [1.82, 2.24) is 0 Å². The van der Waals surface area contributed by atoms with E-state index in [4.69, 9.17) is 18.9 Å². The van der Waals surface area contributed by atoms with Gasteiger partial charge >= 0.3 is 11.9 Å². The minimum Gasteiger partial charge on any atom is -0.493 e. The maximum Gasteiger partial charge on any atom is 0.341 e. The molecule has 0 radical (unpaired) electrons. The smallest absolute Gasteiger partial charge is 0.341 e. The molecule has 24 heavy (non-hydrogen) atoms. The molecule has 0 fully saturated rings. The first kappa shape index (κ1) is 20.0. The van der Waals surface area contributed by atoms with Gasteiger partial charge in [0.15, 0.2) is 0 Å². The number of rotatable bonds is 8. The molecule has 0 unspecified atom stereocenters. The maximum atomic E-state index is 12.2. The summed E-state index contributed by atoms with van der Waals surface area (Å²) in [4.78, 5) is 24.0. The van der Waals surface area contributed by atoms with Crippen molar-refractivity contribution in [2.75, 3.05) is 27.4 Å². The summed E-state index contributed by atoms with van der Waals surface area (Å²) in [6.45, 7) is 6.43. The van der Waals surface area contributed by atoms with Gasteiger partial charge in [0, 0.05) is 13.7 Å². The largest absolute Gasteiger partial charge is 0.493 e. The van der Waals surface area contributed by atoms with Gasteiger partial charge in [0.05, 0.1) is 19.3 Å².